The molecule has 0 spiro atoms. The first-order chi connectivity index (χ1) is 11.5. The third-order valence-corrected chi connectivity index (χ3v) is 5.96. The van der Waals surface area contributed by atoms with E-state index in [1.165, 1.54) is 10.4 Å². The van der Waals surface area contributed by atoms with Crippen molar-refractivity contribution in [3.05, 3.63) is 46.6 Å². The fourth-order valence-corrected chi connectivity index (χ4v) is 4.67. The molecule has 0 radical (unpaired) electrons. The van der Waals surface area contributed by atoms with Gasteiger partial charge in [-0.1, -0.05) is 38.1 Å². The van der Waals surface area contributed by atoms with E-state index in [4.69, 9.17) is 4.98 Å². The van der Waals surface area contributed by atoms with Crippen LogP contribution in [0.15, 0.2) is 30.5 Å². The van der Waals surface area contributed by atoms with E-state index in [9.17, 15) is 9.90 Å². The molecule has 4 rings (SSSR count). The molecule has 1 N–H and O–H groups in total. The highest BCUT2D eigenvalue weighted by Crippen LogP contribution is 2.38. The van der Waals surface area contributed by atoms with Crippen LogP contribution >= 0.6 is 11.3 Å². The van der Waals surface area contributed by atoms with Gasteiger partial charge in [-0.2, -0.15) is 0 Å². The first kappa shape index (κ1) is 15.4. The Labute approximate surface area is 144 Å². The SMILES string of the molecule is CC(C)c1ccc(-c2cn3c4c(sc3n2)CCCC4C(=O)O)cc1. The highest BCUT2D eigenvalue weighted by Gasteiger charge is 2.31. The Hall–Kier alpha value is -2.14. The van der Waals surface area contributed by atoms with Crippen LogP contribution in [-0.2, 0) is 11.2 Å². The van der Waals surface area contributed by atoms with Crippen molar-refractivity contribution in [3.8, 4) is 11.3 Å². The minimum absolute atomic E-state index is 0.409. The number of fused-ring (bicyclic) bond motifs is 3. The molecule has 0 saturated heterocycles. The monoisotopic (exact) mass is 340 g/mol. The van der Waals surface area contributed by atoms with Crippen LogP contribution in [-0.4, -0.2) is 20.5 Å². The number of carbonyl (C=O) groups is 1. The Morgan fingerprint density at radius 3 is 2.75 bits per heavy atom. The van der Waals surface area contributed by atoms with E-state index in [0.717, 1.165) is 34.8 Å². The van der Waals surface area contributed by atoms with Crippen LogP contribution in [0.5, 0.6) is 0 Å². The second kappa shape index (κ2) is 5.74. The Balaban J connectivity index is 1.78. The van der Waals surface area contributed by atoms with Crippen molar-refractivity contribution >= 4 is 22.3 Å². The number of imidazole rings is 1. The highest BCUT2D eigenvalue weighted by atomic mass is 32.1. The van der Waals surface area contributed by atoms with Crippen molar-refractivity contribution in [2.75, 3.05) is 0 Å². The maximum atomic E-state index is 11.6. The molecule has 1 aliphatic carbocycles. The summed E-state index contributed by atoms with van der Waals surface area (Å²) in [5, 5.41) is 9.54. The summed E-state index contributed by atoms with van der Waals surface area (Å²) < 4.78 is 2.00. The molecule has 2 heterocycles. The summed E-state index contributed by atoms with van der Waals surface area (Å²) in [6.07, 6.45) is 4.61. The third kappa shape index (κ3) is 2.44. The zero-order chi connectivity index (χ0) is 16.8. The van der Waals surface area contributed by atoms with Gasteiger partial charge in [-0.15, -0.1) is 11.3 Å². The normalized spacial score (nSPS) is 17.4. The van der Waals surface area contributed by atoms with Gasteiger partial charge in [0.25, 0.3) is 0 Å². The third-order valence-electron chi connectivity index (χ3n) is 4.83. The molecule has 0 aliphatic heterocycles. The standard InChI is InChI=1S/C19H20N2O2S/c1-11(2)12-6-8-13(9-7-12)15-10-21-17-14(18(22)23)4-3-5-16(17)24-19(21)20-15/h6-11,14H,3-5H2,1-2H3,(H,22,23). The van der Waals surface area contributed by atoms with E-state index < -0.39 is 11.9 Å². The van der Waals surface area contributed by atoms with Gasteiger partial charge in [-0.25, -0.2) is 4.98 Å². The Morgan fingerprint density at radius 2 is 2.08 bits per heavy atom. The van der Waals surface area contributed by atoms with Crippen molar-refractivity contribution in [2.24, 2.45) is 0 Å². The second-order valence-electron chi connectivity index (χ2n) is 6.75. The van der Waals surface area contributed by atoms with E-state index in [-0.39, 0.29) is 0 Å². The minimum atomic E-state index is -0.729. The maximum absolute atomic E-state index is 11.6. The number of hydrogen-bond donors (Lipinski definition) is 1. The van der Waals surface area contributed by atoms with Gasteiger partial charge in [-0.3, -0.25) is 9.20 Å². The molecule has 0 fully saturated rings. The van der Waals surface area contributed by atoms with Gasteiger partial charge < -0.3 is 5.11 Å². The molecule has 1 aliphatic rings. The molecule has 1 atom stereocenters. The van der Waals surface area contributed by atoms with Crippen LogP contribution in [0.2, 0.25) is 0 Å². The van der Waals surface area contributed by atoms with E-state index >= 15 is 0 Å². The number of carboxylic acid groups (broad SMARTS) is 1. The maximum Gasteiger partial charge on any atom is 0.312 e. The lowest BCUT2D eigenvalue weighted by Crippen LogP contribution is -2.18. The summed E-state index contributed by atoms with van der Waals surface area (Å²) in [5.41, 5.74) is 4.23. The molecule has 4 nitrogen and oxygen atoms in total. The van der Waals surface area contributed by atoms with Crippen LogP contribution in [0.4, 0.5) is 0 Å². The average molecular weight is 340 g/mol. The van der Waals surface area contributed by atoms with E-state index in [2.05, 4.69) is 38.1 Å². The molecule has 1 unspecified atom stereocenters. The van der Waals surface area contributed by atoms with Crippen LogP contribution in [0.3, 0.4) is 0 Å². The van der Waals surface area contributed by atoms with Gasteiger partial charge in [0.15, 0.2) is 4.96 Å². The largest absolute Gasteiger partial charge is 0.481 e. The number of carboxylic acids is 1. The first-order valence-electron chi connectivity index (χ1n) is 8.38. The predicted molar refractivity (Wildman–Crippen MR) is 95.9 cm³/mol. The second-order valence-corrected chi connectivity index (χ2v) is 7.81. The lowest BCUT2D eigenvalue weighted by atomic mass is 9.91. The number of thiazole rings is 1. The zero-order valence-electron chi connectivity index (χ0n) is 13.8. The number of aryl methyl sites for hydroxylation is 1. The summed E-state index contributed by atoms with van der Waals surface area (Å²) in [7, 11) is 0. The molecule has 24 heavy (non-hydrogen) atoms. The van der Waals surface area contributed by atoms with Gasteiger partial charge >= 0.3 is 5.97 Å². The fraction of sp³-hybridized carbons (Fsp3) is 0.368. The predicted octanol–water partition coefficient (Wildman–Crippen LogP) is 4.69. The number of rotatable bonds is 3. The molecule has 0 amide bonds. The van der Waals surface area contributed by atoms with Crippen molar-refractivity contribution < 1.29 is 9.90 Å². The van der Waals surface area contributed by atoms with Gasteiger partial charge in [0.2, 0.25) is 0 Å². The molecular weight excluding hydrogens is 320 g/mol. The fourth-order valence-electron chi connectivity index (χ4n) is 3.47. The summed E-state index contributed by atoms with van der Waals surface area (Å²) in [6.45, 7) is 4.36. The van der Waals surface area contributed by atoms with Crippen LogP contribution < -0.4 is 0 Å². The topological polar surface area (TPSA) is 54.6 Å². The van der Waals surface area contributed by atoms with Crippen molar-refractivity contribution in [3.63, 3.8) is 0 Å². The number of aliphatic carboxylic acids is 1. The summed E-state index contributed by atoms with van der Waals surface area (Å²) in [6, 6.07) is 8.48. The summed E-state index contributed by atoms with van der Waals surface area (Å²) in [4.78, 5) is 18.4. The average Bonchev–Trinajstić information content (AvgIpc) is 3.12. The Bertz CT molecular complexity index is 905. The van der Waals surface area contributed by atoms with Crippen LogP contribution in [0.25, 0.3) is 16.2 Å². The van der Waals surface area contributed by atoms with E-state index in [0.29, 0.717) is 12.3 Å². The van der Waals surface area contributed by atoms with Gasteiger partial charge in [0.1, 0.15) is 0 Å². The Kier molecular flexibility index (Phi) is 3.68. The minimum Gasteiger partial charge on any atom is -0.481 e. The van der Waals surface area contributed by atoms with Gasteiger partial charge in [-0.05, 0) is 30.7 Å². The van der Waals surface area contributed by atoms with E-state index in [1.54, 1.807) is 11.3 Å². The first-order valence-corrected chi connectivity index (χ1v) is 9.20. The molecule has 1 aromatic carbocycles. The van der Waals surface area contributed by atoms with Gasteiger partial charge in [0.05, 0.1) is 17.3 Å². The summed E-state index contributed by atoms with van der Waals surface area (Å²) in [5.74, 6) is -0.632. The van der Waals surface area contributed by atoms with Crippen molar-refractivity contribution in [1.82, 2.24) is 9.38 Å². The molecule has 0 bridgehead atoms. The molecular formula is C19H20N2O2S. The smallest absolute Gasteiger partial charge is 0.312 e. The Morgan fingerprint density at radius 1 is 1.33 bits per heavy atom. The lowest BCUT2D eigenvalue weighted by molar-refractivity contribution is -0.139. The molecule has 0 saturated carbocycles. The summed E-state index contributed by atoms with van der Waals surface area (Å²) >= 11 is 1.63. The van der Waals surface area contributed by atoms with Gasteiger partial charge in [0, 0.05) is 16.6 Å². The number of benzene rings is 1. The van der Waals surface area contributed by atoms with E-state index in [1.807, 2.05) is 10.6 Å². The number of aromatic nitrogens is 2. The van der Waals surface area contributed by atoms with Crippen LogP contribution in [0.1, 0.15) is 54.7 Å². The molecule has 124 valence electrons. The molecule has 5 heteroatoms. The highest BCUT2D eigenvalue weighted by molar-refractivity contribution is 7.17. The van der Waals surface area contributed by atoms with Crippen LogP contribution in [0, 0.1) is 0 Å². The van der Waals surface area contributed by atoms with Crippen molar-refractivity contribution in [2.45, 2.75) is 44.9 Å². The number of nitrogens with zero attached hydrogens (tertiary/aromatic N) is 2. The lowest BCUT2D eigenvalue weighted by Gasteiger charge is -2.18. The molecule has 2 aromatic heterocycles. The quantitative estimate of drug-likeness (QED) is 0.752. The zero-order valence-corrected chi connectivity index (χ0v) is 14.6. The van der Waals surface area contributed by atoms with Crippen molar-refractivity contribution in [1.29, 1.82) is 0 Å². The molecule has 3 aromatic rings. The number of hydrogen-bond acceptors (Lipinski definition) is 3.